The van der Waals surface area contributed by atoms with Crippen LogP contribution in [0, 0.1) is 0 Å². The van der Waals surface area contributed by atoms with E-state index in [1.54, 1.807) is 11.3 Å². The molecule has 2 aromatic rings. The molecule has 2 aromatic heterocycles. The van der Waals surface area contributed by atoms with Gasteiger partial charge in [0.05, 0.1) is 0 Å². The summed E-state index contributed by atoms with van der Waals surface area (Å²) in [5, 5.41) is 3.09. The van der Waals surface area contributed by atoms with Crippen LogP contribution in [-0.2, 0) is 27.2 Å². The molecule has 0 aliphatic carbocycles. The van der Waals surface area contributed by atoms with Gasteiger partial charge in [0, 0.05) is 0 Å². The van der Waals surface area contributed by atoms with E-state index in [4.69, 9.17) is 18.1 Å². The molecule has 0 amide bonds. The molecule has 0 unspecified atom stereocenters. The predicted octanol–water partition coefficient (Wildman–Crippen LogP) is 9.32. The van der Waals surface area contributed by atoms with Gasteiger partial charge in [0.2, 0.25) is 0 Å². The first kappa shape index (κ1) is 35.7. The second-order valence-corrected chi connectivity index (χ2v) is 29.8. The van der Waals surface area contributed by atoms with E-state index >= 15 is 0 Å². The van der Waals surface area contributed by atoms with Gasteiger partial charge in [-0.25, -0.2) is 0 Å². The van der Waals surface area contributed by atoms with Gasteiger partial charge in [0.15, 0.2) is 0 Å². The van der Waals surface area contributed by atoms with Crippen LogP contribution in [0.5, 0.6) is 0 Å². The summed E-state index contributed by atoms with van der Waals surface area (Å²) >= 11 is 0.362. The Labute approximate surface area is 249 Å². The molecule has 0 radical (unpaired) electrons. The van der Waals surface area contributed by atoms with E-state index in [0.29, 0.717) is 10.6 Å². The third-order valence-corrected chi connectivity index (χ3v) is 31.9. The molecule has 0 bridgehead atoms. The SMILES string of the molecule is CCC[CH2][Sn]([CH2]CCC)([CH2]CCC)[c]1cc(P(=O)(OCC)OCC)c(-c2sccc2P(=O)(OCC)OCC)s1. The van der Waals surface area contributed by atoms with Crippen LogP contribution in [0.4, 0.5) is 0 Å². The van der Waals surface area contributed by atoms with Gasteiger partial charge in [-0.2, -0.15) is 0 Å². The third kappa shape index (κ3) is 9.00. The summed E-state index contributed by atoms with van der Waals surface area (Å²) in [4.78, 5) is 1.65. The molecule has 0 atom stereocenters. The van der Waals surface area contributed by atoms with Crippen LogP contribution in [0.15, 0.2) is 17.5 Å². The maximum atomic E-state index is 14.4. The molecule has 6 nitrogen and oxygen atoms in total. The summed E-state index contributed by atoms with van der Waals surface area (Å²) < 4.78 is 57.0. The molecular formula is C28H50O6P2S2Sn. The van der Waals surface area contributed by atoms with Crippen LogP contribution < -0.4 is 13.5 Å². The van der Waals surface area contributed by atoms with Crippen LogP contribution in [0.2, 0.25) is 13.3 Å². The van der Waals surface area contributed by atoms with Crippen molar-refractivity contribution in [2.45, 2.75) is 100 Å². The van der Waals surface area contributed by atoms with Crippen molar-refractivity contribution in [1.29, 1.82) is 0 Å². The molecule has 0 aliphatic rings. The Morgan fingerprint density at radius 3 is 1.51 bits per heavy atom. The van der Waals surface area contributed by atoms with Crippen molar-refractivity contribution in [2.75, 3.05) is 26.4 Å². The van der Waals surface area contributed by atoms with Crippen LogP contribution >= 0.6 is 37.9 Å². The molecular weight excluding hydrogens is 677 g/mol. The first-order valence-electron chi connectivity index (χ1n) is 14.8. The number of hydrogen-bond acceptors (Lipinski definition) is 8. The van der Waals surface area contributed by atoms with Crippen molar-refractivity contribution in [3.05, 3.63) is 17.5 Å². The molecule has 0 aromatic carbocycles. The molecule has 0 aliphatic heterocycles. The Hall–Kier alpha value is 0.499. The first-order chi connectivity index (χ1) is 18.7. The van der Waals surface area contributed by atoms with Crippen LogP contribution in [0.3, 0.4) is 0 Å². The summed E-state index contributed by atoms with van der Waals surface area (Å²) in [6, 6.07) is 4.03. The number of rotatable bonds is 21. The van der Waals surface area contributed by atoms with Gasteiger partial charge in [0.1, 0.15) is 0 Å². The fraction of sp³-hybridized carbons (Fsp3) is 0.714. The van der Waals surface area contributed by atoms with Gasteiger partial charge in [-0.05, 0) is 0 Å². The molecule has 0 saturated carbocycles. The summed E-state index contributed by atoms with van der Waals surface area (Å²) in [7, 11) is -7.15. The maximum absolute atomic E-state index is 14.4. The van der Waals surface area contributed by atoms with Gasteiger partial charge in [-0.3, -0.25) is 0 Å². The van der Waals surface area contributed by atoms with Crippen molar-refractivity contribution in [2.24, 2.45) is 0 Å². The number of hydrogen-bond donors (Lipinski definition) is 0. The minimum atomic E-state index is -3.60. The fourth-order valence-electron chi connectivity index (χ4n) is 5.02. The predicted molar refractivity (Wildman–Crippen MR) is 173 cm³/mol. The molecule has 0 spiro atoms. The average Bonchev–Trinajstić information content (AvgIpc) is 3.58. The van der Waals surface area contributed by atoms with Gasteiger partial charge in [-0.15, -0.1) is 0 Å². The zero-order valence-corrected chi connectivity index (χ0v) is 31.4. The van der Waals surface area contributed by atoms with Gasteiger partial charge < -0.3 is 0 Å². The topological polar surface area (TPSA) is 71.1 Å². The Morgan fingerprint density at radius 1 is 0.667 bits per heavy atom. The molecule has 224 valence electrons. The van der Waals surface area contributed by atoms with Crippen molar-refractivity contribution in [3.63, 3.8) is 0 Å². The molecule has 39 heavy (non-hydrogen) atoms. The summed E-state index contributed by atoms with van der Waals surface area (Å²) in [5.41, 5.74) is 0. The van der Waals surface area contributed by atoms with Crippen molar-refractivity contribution < 1.29 is 27.2 Å². The average molecular weight is 727 g/mol. The normalized spacial score (nSPS) is 12.9. The Balaban J connectivity index is 2.89. The number of unbranched alkanes of at least 4 members (excludes halogenated alkanes) is 3. The Morgan fingerprint density at radius 2 is 1.10 bits per heavy atom. The quantitative estimate of drug-likeness (QED) is 0.0944. The molecule has 2 rings (SSSR count). The monoisotopic (exact) mass is 728 g/mol. The van der Waals surface area contributed by atoms with Gasteiger partial charge in [-0.1, -0.05) is 0 Å². The van der Waals surface area contributed by atoms with Gasteiger partial charge in [0.25, 0.3) is 0 Å². The molecule has 11 heteroatoms. The van der Waals surface area contributed by atoms with Crippen molar-refractivity contribution in [1.82, 2.24) is 0 Å². The fourth-order valence-corrected chi connectivity index (χ4v) is 31.1. The second-order valence-electron chi connectivity index (χ2n) is 9.72. The summed E-state index contributed by atoms with van der Waals surface area (Å²) in [6.07, 6.45) is 7.23. The van der Waals surface area contributed by atoms with Crippen LogP contribution in [0.1, 0.15) is 87.0 Å². The summed E-state index contributed by atoms with van der Waals surface area (Å²) in [5.74, 6) is 0. The van der Waals surface area contributed by atoms with E-state index in [1.807, 2.05) is 39.1 Å². The molecule has 0 fully saturated rings. The molecule has 2 heterocycles. The molecule has 0 saturated heterocycles. The van der Waals surface area contributed by atoms with E-state index in [0.717, 1.165) is 9.75 Å². The Bertz CT molecular complexity index is 1040. The van der Waals surface area contributed by atoms with E-state index < -0.39 is 33.6 Å². The third-order valence-electron chi connectivity index (χ3n) is 6.90. The van der Waals surface area contributed by atoms with Crippen LogP contribution in [-0.4, -0.2) is 44.8 Å². The van der Waals surface area contributed by atoms with E-state index in [1.165, 1.54) is 66.1 Å². The van der Waals surface area contributed by atoms with E-state index in [-0.39, 0.29) is 26.4 Å². The van der Waals surface area contributed by atoms with Crippen LogP contribution in [0.25, 0.3) is 9.75 Å². The first-order valence-corrected chi connectivity index (χ1v) is 27.0. The zero-order chi connectivity index (χ0) is 28.9. The standard InChI is InChI=1S/C16H23O6P2S2.3C4H9.Sn/c1-5-19-23(17,20-6-2)13-9-11-25-15(13)16-14(10-12-26-16)24(18,21-7-3)22-8-4;3*1-3-4-2;/h9-11H,5-8H2,1-4H3;3*1,3-4H2,2H3;. The van der Waals surface area contributed by atoms with Crippen molar-refractivity contribution in [3.8, 4) is 9.75 Å². The van der Waals surface area contributed by atoms with Gasteiger partial charge >= 0.3 is 251 Å². The Kier molecular flexibility index (Phi) is 16.1. The van der Waals surface area contributed by atoms with E-state index in [9.17, 15) is 9.13 Å². The summed E-state index contributed by atoms with van der Waals surface area (Å²) in [6.45, 7) is 15.3. The second kappa shape index (κ2) is 17.6. The minimum absolute atomic E-state index is 0.274. The van der Waals surface area contributed by atoms with E-state index in [2.05, 4.69) is 26.8 Å². The molecule has 0 N–H and O–H groups in total. The number of thiophene rings is 2. The van der Waals surface area contributed by atoms with Crippen molar-refractivity contribution >= 4 is 69.7 Å². The zero-order valence-electron chi connectivity index (χ0n) is 25.1.